The van der Waals surface area contributed by atoms with Crippen molar-refractivity contribution in [2.45, 2.75) is 13.8 Å². The van der Waals surface area contributed by atoms with Gasteiger partial charge >= 0.3 is 5.97 Å². The van der Waals surface area contributed by atoms with E-state index in [1.807, 2.05) is 13.8 Å². The zero-order valence-corrected chi connectivity index (χ0v) is 7.68. The average molecular weight is 183 g/mol. The summed E-state index contributed by atoms with van der Waals surface area (Å²) in [5.41, 5.74) is 0.884. The van der Waals surface area contributed by atoms with Crippen molar-refractivity contribution in [2.24, 2.45) is 0 Å². The Morgan fingerprint density at radius 3 is 2.67 bits per heavy atom. The van der Waals surface area contributed by atoms with Crippen molar-refractivity contribution < 1.29 is 9.90 Å². The van der Waals surface area contributed by atoms with Gasteiger partial charge in [-0.25, -0.2) is 9.78 Å². The highest BCUT2D eigenvalue weighted by Gasteiger charge is 2.00. The second-order valence-corrected chi connectivity index (χ2v) is 3.59. The minimum absolute atomic E-state index is 0.884. The maximum absolute atomic E-state index is 10.2. The van der Waals surface area contributed by atoms with Gasteiger partial charge in [0.05, 0.1) is 15.6 Å². The molecule has 0 amide bonds. The first-order chi connectivity index (χ1) is 5.59. The van der Waals surface area contributed by atoms with Crippen LogP contribution in [0.15, 0.2) is 6.08 Å². The number of aliphatic carboxylic acids is 1. The van der Waals surface area contributed by atoms with Crippen LogP contribution >= 0.6 is 11.3 Å². The predicted octanol–water partition coefficient (Wildman–Crippen LogP) is 1.86. The van der Waals surface area contributed by atoms with Crippen molar-refractivity contribution in [3.63, 3.8) is 0 Å². The largest absolute Gasteiger partial charge is 0.478 e. The number of nitrogens with zero attached hydrogens (tertiary/aromatic N) is 1. The highest BCUT2D eigenvalue weighted by Crippen LogP contribution is 2.18. The van der Waals surface area contributed by atoms with Crippen molar-refractivity contribution in [1.82, 2.24) is 4.98 Å². The number of aromatic nitrogens is 1. The van der Waals surface area contributed by atoms with Crippen LogP contribution in [0.25, 0.3) is 6.08 Å². The molecule has 4 heteroatoms. The smallest absolute Gasteiger partial charge is 0.328 e. The highest BCUT2D eigenvalue weighted by molar-refractivity contribution is 7.12. The van der Waals surface area contributed by atoms with E-state index in [1.165, 1.54) is 11.3 Å². The molecule has 0 saturated heterocycles. The molecule has 0 aliphatic heterocycles. The molecule has 1 aromatic heterocycles. The summed E-state index contributed by atoms with van der Waals surface area (Å²) >= 11 is 1.50. The molecule has 0 unspecified atom stereocenters. The van der Waals surface area contributed by atoms with Crippen LogP contribution in [-0.4, -0.2) is 16.1 Å². The molecule has 0 bridgehead atoms. The fraction of sp³-hybridized carbons (Fsp3) is 0.250. The summed E-state index contributed by atoms with van der Waals surface area (Å²) in [6.07, 6.45) is 2.70. The third kappa shape index (κ3) is 2.17. The number of carboxylic acids is 1. The molecular weight excluding hydrogens is 174 g/mol. The normalized spacial score (nSPS) is 10.8. The molecule has 3 nitrogen and oxygen atoms in total. The van der Waals surface area contributed by atoms with Crippen LogP contribution in [0, 0.1) is 13.8 Å². The SMILES string of the molecule is Cc1nc(C)c(C=CC(=O)O)s1. The molecule has 1 aromatic rings. The summed E-state index contributed by atoms with van der Waals surface area (Å²) in [5.74, 6) is -0.930. The number of hydrogen-bond acceptors (Lipinski definition) is 3. The van der Waals surface area contributed by atoms with E-state index in [-0.39, 0.29) is 0 Å². The van der Waals surface area contributed by atoms with Crippen LogP contribution in [0.1, 0.15) is 15.6 Å². The van der Waals surface area contributed by atoms with Gasteiger partial charge in [0.1, 0.15) is 0 Å². The number of aryl methyl sites for hydroxylation is 2. The lowest BCUT2D eigenvalue weighted by atomic mass is 10.3. The maximum Gasteiger partial charge on any atom is 0.328 e. The number of carbonyl (C=O) groups is 1. The van der Waals surface area contributed by atoms with Crippen LogP contribution < -0.4 is 0 Å². The highest BCUT2D eigenvalue weighted by atomic mass is 32.1. The van der Waals surface area contributed by atoms with E-state index in [9.17, 15) is 4.79 Å². The Balaban J connectivity index is 2.89. The van der Waals surface area contributed by atoms with E-state index in [0.717, 1.165) is 21.7 Å². The van der Waals surface area contributed by atoms with E-state index < -0.39 is 5.97 Å². The second-order valence-electron chi connectivity index (χ2n) is 2.35. The lowest BCUT2D eigenvalue weighted by molar-refractivity contribution is -0.131. The van der Waals surface area contributed by atoms with Gasteiger partial charge in [0, 0.05) is 6.08 Å². The fourth-order valence-electron chi connectivity index (χ4n) is 0.849. The zero-order chi connectivity index (χ0) is 9.14. The predicted molar refractivity (Wildman–Crippen MR) is 48.3 cm³/mol. The minimum atomic E-state index is -0.930. The summed E-state index contributed by atoms with van der Waals surface area (Å²) in [5, 5.41) is 9.33. The number of hydrogen-bond donors (Lipinski definition) is 1. The first kappa shape index (κ1) is 8.93. The number of thiazole rings is 1. The molecule has 0 aliphatic rings. The Bertz CT molecular complexity index is 328. The summed E-state index contributed by atoms with van der Waals surface area (Å²) in [7, 11) is 0. The standard InChI is InChI=1S/C8H9NO2S/c1-5-7(3-4-8(10)11)12-6(2)9-5/h3-4H,1-2H3,(H,10,11). The van der Waals surface area contributed by atoms with Crippen LogP contribution in [-0.2, 0) is 4.79 Å². The van der Waals surface area contributed by atoms with Gasteiger partial charge in [-0.2, -0.15) is 0 Å². The van der Waals surface area contributed by atoms with E-state index in [0.29, 0.717) is 0 Å². The van der Waals surface area contributed by atoms with Gasteiger partial charge in [0.2, 0.25) is 0 Å². The third-order valence-corrected chi connectivity index (χ3v) is 2.35. The molecule has 0 spiro atoms. The Labute approximate surface area is 74.4 Å². The van der Waals surface area contributed by atoms with Crippen molar-refractivity contribution in [3.8, 4) is 0 Å². The molecule has 0 aromatic carbocycles. The van der Waals surface area contributed by atoms with Gasteiger partial charge in [-0.3, -0.25) is 0 Å². The van der Waals surface area contributed by atoms with Crippen LogP contribution in [0.3, 0.4) is 0 Å². The summed E-state index contributed by atoms with van der Waals surface area (Å²) in [6, 6.07) is 0. The fourth-order valence-corrected chi connectivity index (χ4v) is 1.68. The molecule has 64 valence electrons. The monoisotopic (exact) mass is 183 g/mol. The summed E-state index contributed by atoms with van der Waals surface area (Å²) < 4.78 is 0. The first-order valence-corrected chi connectivity index (χ1v) is 4.26. The summed E-state index contributed by atoms with van der Waals surface area (Å²) in [6.45, 7) is 3.76. The lowest BCUT2D eigenvalue weighted by Gasteiger charge is -1.84. The topological polar surface area (TPSA) is 50.2 Å². The maximum atomic E-state index is 10.2. The zero-order valence-electron chi connectivity index (χ0n) is 6.87. The molecule has 1 N–H and O–H groups in total. The lowest BCUT2D eigenvalue weighted by Crippen LogP contribution is -1.85. The van der Waals surface area contributed by atoms with Gasteiger partial charge in [-0.1, -0.05) is 0 Å². The molecule has 0 fully saturated rings. The van der Waals surface area contributed by atoms with Crippen LogP contribution in [0.2, 0.25) is 0 Å². The Kier molecular flexibility index (Phi) is 2.60. The second kappa shape index (κ2) is 3.49. The van der Waals surface area contributed by atoms with Gasteiger partial charge in [-0.05, 0) is 19.9 Å². The molecule has 0 saturated carbocycles. The van der Waals surface area contributed by atoms with E-state index in [4.69, 9.17) is 5.11 Å². The molecule has 0 radical (unpaired) electrons. The molecule has 0 atom stereocenters. The van der Waals surface area contributed by atoms with Crippen molar-refractivity contribution in [3.05, 3.63) is 21.7 Å². The van der Waals surface area contributed by atoms with Gasteiger partial charge in [0.15, 0.2) is 0 Å². The summed E-state index contributed by atoms with van der Waals surface area (Å²) in [4.78, 5) is 15.3. The molecular formula is C8H9NO2S. The molecule has 1 rings (SSSR count). The minimum Gasteiger partial charge on any atom is -0.478 e. The van der Waals surface area contributed by atoms with Gasteiger partial charge in [-0.15, -0.1) is 11.3 Å². The molecule has 12 heavy (non-hydrogen) atoms. The van der Waals surface area contributed by atoms with Crippen LogP contribution in [0.4, 0.5) is 0 Å². The van der Waals surface area contributed by atoms with Crippen molar-refractivity contribution >= 4 is 23.4 Å². The molecule has 1 heterocycles. The third-order valence-electron chi connectivity index (χ3n) is 1.32. The van der Waals surface area contributed by atoms with Crippen molar-refractivity contribution in [2.75, 3.05) is 0 Å². The molecule has 0 aliphatic carbocycles. The average Bonchev–Trinajstić information content (AvgIpc) is 2.26. The Morgan fingerprint density at radius 2 is 2.25 bits per heavy atom. The quantitative estimate of drug-likeness (QED) is 0.712. The van der Waals surface area contributed by atoms with Gasteiger partial charge in [0.25, 0.3) is 0 Å². The first-order valence-electron chi connectivity index (χ1n) is 3.44. The number of carboxylic acid groups (broad SMARTS) is 1. The van der Waals surface area contributed by atoms with E-state index in [2.05, 4.69) is 4.98 Å². The Hall–Kier alpha value is -1.16. The van der Waals surface area contributed by atoms with E-state index >= 15 is 0 Å². The van der Waals surface area contributed by atoms with Crippen LogP contribution in [0.5, 0.6) is 0 Å². The Morgan fingerprint density at radius 1 is 1.58 bits per heavy atom. The number of rotatable bonds is 2. The van der Waals surface area contributed by atoms with Crippen molar-refractivity contribution in [1.29, 1.82) is 0 Å². The van der Waals surface area contributed by atoms with E-state index in [1.54, 1.807) is 6.08 Å². The van der Waals surface area contributed by atoms with Gasteiger partial charge < -0.3 is 5.11 Å².